The van der Waals surface area contributed by atoms with Gasteiger partial charge in [0.2, 0.25) is 0 Å². The van der Waals surface area contributed by atoms with E-state index in [0.29, 0.717) is 6.07 Å². The van der Waals surface area contributed by atoms with Crippen molar-refractivity contribution in [3.8, 4) is 6.07 Å². The minimum absolute atomic E-state index is 0.0695. The molecule has 0 aromatic heterocycles. The van der Waals surface area contributed by atoms with E-state index in [1.165, 1.54) is 18.2 Å². The van der Waals surface area contributed by atoms with Gasteiger partial charge in [-0.05, 0) is 36.4 Å². The van der Waals surface area contributed by atoms with Crippen molar-refractivity contribution in [2.24, 2.45) is 0 Å². The van der Waals surface area contributed by atoms with Crippen LogP contribution in [0.2, 0.25) is 5.02 Å². The van der Waals surface area contributed by atoms with Gasteiger partial charge in [-0.15, -0.1) is 0 Å². The van der Waals surface area contributed by atoms with E-state index in [-0.39, 0.29) is 15.5 Å². The number of hydrogen-bond acceptors (Lipinski definition) is 3. The Hall–Kier alpha value is -2.24. The van der Waals surface area contributed by atoms with Crippen molar-refractivity contribution in [3.63, 3.8) is 0 Å². The maximum absolute atomic E-state index is 13.0. The number of nitrogens with zero attached hydrogens (tertiary/aromatic N) is 1. The van der Waals surface area contributed by atoms with Gasteiger partial charge in [0.25, 0.3) is 10.0 Å². The van der Waals surface area contributed by atoms with Gasteiger partial charge in [-0.1, -0.05) is 17.7 Å². The molecule has 0 aliphatic rings. The zero-order chi connectivity index (χ0) is 17.3. The zero-order valence-corrected chi connectivity index (χ0v) is 12.8. The average molecular weight is 361 g/mol. The summed E-state index contributed by atoms with van der Waals surface area (Å²) in [5.74, 6) is 0. The second-order valence-electron chi connectivity index (χ2n) is 4.43. The Labute approximate surface area is 135 Å². The fourth-order valence-corrected chi connectivity index (χ4v) is 3.07. The van der Waals surface area contributed by atoms with Gasteiger partial charge in [-0.2, -0.15) is 18.4 Å². The average Bonchev–Trinajstić information content (AvgIpc) is 2.48. The first-order valence-corrected chi connectivity index (χ1v) is 7.89. The third kappa shape index (κ3) is 3.94. The standard InChI is InChI=1S/C14H8ClF3N2O2S/c15-10-4-5-13(12(7-10)14(16,17)18)20-23(21,22)11-3-1-2-9(6-11)8-19/h1-7,20H. The van der Waals surface area contributed by atoms with Gasteiger partial charge in [0.15, 0.2) is 0 Å². The molecule has 0 aliphatic heterocycles. The molecule has 0 aliphatic carbocycles. The molecule has 0 radical (unpaired) electrons. The molecule has 0 atom stereocenters. The van der Waals surface area contributed by atoms with E-state index in [0.717, 1.165) is 18.2 Å². The Balaban J connectivity index is 2.48. The summed E-state index contributed by atoms with van der Waals surface area (Å²) in [6, 6.07) is 9.38. The monoisotopic (exact) mass is 360 g/mol. The maximum Gasteiger partial charge on any atom is 0.418 e. The van der Waals surface area contributed by atoms with E-state index >= 15 is 0 Å². The highest BCUT2D eigenvalue weighted by atomic mass is 35.5. The number of halogens is 4. The Bertz CT molecular complexity index is 890. The van der Waals surface area contributed by atoms with Crippen molar-refractivity contribution < 1.29 is 21.6 Å². The molecule has 2 rings (SSSR count). The van der Waals surface area contributed by atoms with Crippen LogP contribution in [0.25, 0.3) is 0 Å². The van der Waals surface area contributed by atoms with Crippen LogP contribution in [0.3, 0.4) is 0 Å². The highest BCUT2D eigenvalue weighted by Crippen LogP contribution is 2.37. The zero-order valence-electron chi connectivity index (χ0n) is 11.2. The predicted octanol–water partition coefficient (Wildman–Crippen LogP) is 4.03. The maximum atomic E-state index is 13.0. The van der Waals surface area contributed by atoms with Crippen LogP contribution in [0.4, 0.5) is 18.9 Å². The number of nitrogens with one attached hydrogen (secondary N) is 1. The van der Waals surface area contributed by atoms with Crippen molar-refractivity contribution in [3.05, 3.63) is 58.6 Å². The number of alkyl halides is 3. The van der Waals surface area contributed by atoms with Crippen molar-refractivity contribution >= 4 is 27.3 Å². The topological polar surface area (TPSA) is 70.0 Å². The number of benzene rings is 2. The van der Waals surface area contributed by atoms with Gasteiger partial charge < -0.3 is 0 Å². The quantitative estimate of drug-likeness (QED) is 0.898. The van der Waals surface area contributed by atoms with Gasteiger partial charge in [0.1, 0.15) is 0 Å². The summed E-state index contributed by atoms with van der Waals surface area (Å²) in [5.41, 5.74) is -1.78. The molecule has 120 valence electrons. The van der Waals surface area contributed by atoms with Crippen LogP contribution in [0, 0.1) is 11.3 Å². The Morgan fingerprint density at radius 3 is 2.43 bits per heavy atom. The van der Waals surface area contributed by atoms with Crippen LogP contribution >= 0.6 is 11.6 Å². The normalized spacial score (nSPS) is 11.8. The molecule has 0 amide bonds. The summed E-state index contributed by atoms with van der Waals surface area (Å²) in [7, 11) is -4.29. The fraction of sp³-hybridized carbons (Fsp3) is 0.0714. The molecule has 23 heavy (non-hydrogen) atoms. The van der Waals surface area contributed by atoms with E-state index < -0.39 is 27.5 Å². The molecule has 0 fully saturated rings. The molecule has 0 unspecified atom stereocenters. The number of hydrogen-bond donors (Lipinski definition) is 1. The Morgan fingerprint density at radius 1 is 1.13 bits per heavy atom. The highest BCUT2D eigenvalue weighted by molar-refractivity contribution is 7.92. The third-order valence-electron chi connectivity index (χ3n) is 2.80. The summed E-state index contributed by atoms with van der Waals surface area (Å²) in [6.45, 7) is 0. The van der Waals surface area contributed by atoms with Gasteiger partial charge in [0.05, 0.1) is 27.8 Å². The highest BCUT2D eigenvalue weighted by Gasteiger charge is 2.35. The molecule has 4 nitrogen and oxygen atoms in total. The molecule has 0 saturated heterocycles. The lowest BCUT2D eigenvalue weighted by atomic mass is 10.2. The smallest absolute Gasteiger partial charge is 0.279 e. The van der Waals surface area contributed by atoms with E-state index in [1.54, 1.807) is 6.07 Å². The van der Waals surface area contributed by atoms with E-state index in [1.807, 2.05) is 4.72 Å². The summed E-state index contributed by atoms with van der Waals surface area (Å²) < 4.78 is 65.3. The first-order valence-electron chi connectivity index (χ1n) is 6.03. The molecule has 2 aromatic rings. The minimum Gasteiger partial charge on any atom is -0.279 e. The molecule has 1 N–H and O–H groups in total. The summed E-state index contributed by atoms with van der Waals surface area (Å²) in [5, 5.41) is 8.60. The first kappa shape index (κ1) is 17.1. The summed E-state index contributed by atoms with van der Waals surface area (Å²) >= 11 is 5.54. The SMILES string of the molecule is N#Cc1cccc(S(=O)(=O)Nc2ccc(Cl)cc2C(F)(F)F)c1. The minimum atomic E-state index is -4.78. The number of anilines is 1. The summed E-state index contributed by atoms with van der Waals surface area (Å²) in [6.07, 6.45) is -4.78. The van der Waals surface area contributed by atoms with Crippen LogP contribution in [0.15, 0.2) is 47.4 Å². The van der Waals surface area contributed by atoms with Gasteiger partial charge in [-0.25, -0.2) is 8.42 Å². The van der Waals surface area contributed by atoms with E-state index in [9.17, 15) is 21.6 Å². The molecular formula is C14H8ClF3N2O2S. The summed E-state index contributed by atoms with van der Waals surface area (Å²) in [4.78, 5) is -0.320. The second-order valence-corrected chi connectivity index (χ2v) is 6.55. The Kier molecular flexibility index (Phi) is 4.54. The lowest BCUT2D eigenvalue weighted by molar-refractivity contribution is -0.136. The lowest BCUT2D eigenvalue weighted by Crippen LogP contribution is -2.17. The fourth-order valence-electron chi connectivity index (χ4n) is 1.78. The number of nitriles is 1. The van der Waals surface area contributed by atoms with E-state index in [2.05, 4.69) is 0 Å². The molecule has 0 heterocycles. The van der Waals surface area contributed by atoms with Crippen LogP contribution in [-0.4, -0.2) is 8.42 Å². The van der Waals surface area contributed by atoms with Crippen molar-refractivity contribution in [1.29, 1.82) is 5.26 Å². The van der Waals surface area contributed by atoms with Crippen LogP contribution in [-0.2, 0) is 16.2 Å². The van der Waals surface area contributed by atoms with Gasteiger partial charge in [0, 0.05) is 5.02 Å². The lowest BCUT2D eigenvalue weighted by Gasteiger charge is -2.15. The van der Waals surface area contributed by atoms with Crippen LogP contribution < -0.4 is 4.72 Å². The van der Waals surface area contributed by atoms with Crippen LogP contribution in [0.1, 0.15) is 11.1 Å². The van der Waals surface area contributed by atoms with Crippen molar-refractivity contribution in [2.75, 3.05) is 4.72 Å². The molecular weight excluding hydrogens is 353 g/mol. The third-order valence-corrected chi connectivity index (χ3v) is 4.40. The first-order chi connectivity index (χ1) is 10.6. The molecule has 2 aromatic carbocycles. The molecule has 0 spiro atoms. The van der Waals surface area contributed by atoms with Crippen LogP contribution in [0.5, 0.6) is 0 Å². The second kappa shape index (κ2) is 6.10. The Morgan fingerprint density at radius 2 is 1.83 bits per heavy atom. The largest absolute Gasteiger partial charge is 0.418 e. The van der Waals surface area contributed by atoms with E-state index in [4.69, 9.17) is 16.9 Å². The number of rotatable bonds is 3. The molecule has 0 bridgehead atoms. The molecule has 9 heteroatoms. The van der Waals surface area contributed by atoms with Crippen molar-refractivity contribution in [2.45, 2.75) is 11.1 Å². The predicted molar refractivity (Wildman–Crippen MR) is 78.4 cm³/mol. The van der Waals surface area contributed by atoms with Gasteiger partial charge >= 0.3 is 6.18 Å². The van der Waals surface area contributed by atoms with Crippen molar-refractivity contribution in [1.82, 2.24) is 0 Å². The molecule has 0 saturated carbocycles. The van der Waals surface area contributed by atoms with Gasteiger partial charge in [-0.3, -0.25) is 4.72 Å². The number of sulfonamides is 1.